The van der Waals surface area contributed by atoms with Gasteiger partial charge >= 0.3 is 0 Å². The summed E-state index contributed by atoms with van der Waals surface area (Å²) in [5, 5.41) is 2.86. The van der Waals surface area contributed by atoms with Gasteiger partial charge in [0.15, 0.2) is 0 Å². The summed E-state index contributed by atoms with van der Waals surface area (Å²) < 4.78 is 0. The standard InChI is InChI=1S/C12H12N2OS2/c1-8-11(17-7-13-8)12(15)14-9-3-5-10(16-2)6-4-9/h3-7H,1-2H3,(H,14,15). The normalized spacial score (nSPS) is 10.2. The topological polar surface area (TPSA) is 42.0 Å². The zero-order chi connectivity index (χ0) is 12.3. The molecule has 17 heavy (non-hydrogen) atoms. The molecule has 0 bridgehead atoms. The van der Waals surface area contributed by atoms with Crippen molar-refractivity contribution in [2.24, 2.45) is 0 Å². The van der Waals surface area contributed by atoms with E-state index < -0.39 is 0 Å². The van der Waals surface area contributed by atoms with Crippen molar-refractivity contribution < 1.29 is 4.79 Å². The van der Waals surface area contributed by atoms with E-state index in [-0.39, 0.29) is 5.91 Å². The van der Waals surface area contributed by atoms with Crippen LogP contribution in [0.1, 0.15) is 15.4 Å². The average molecular weight is 264 g/mol. The summed E-state index contributed by atoms with van der Waals surface area (Å²) in [6.45, 7) is 1.84. The molecule has 0 saturated heterocycles. The first-order valence-corrected chi connectivity index (χ1v) is 7.16. The maximum atomic E-state index is 11.9. The van der Waals surface area contributed by atoms with Crippen LogP contribution in [0.3, 0.4) is 0 Å². The maximum absolute atomic E-state index is 11.9. The van der Waals surface area contributed by atoms with Crippen LogP contribution in [0, 0.1) is 6.92 Å². The van der Waals surface area contributed by atoms with Crippen LogP contribution in [-0.2, 0) is 0 Å². The van der Waals surface area contributed by atoms with Crippen molar-refractivity contribution >= 4 is 34.7 Å². The van der Waals surface area contributed by atoms with E-state index in [0.29, 0.717) is 4.88 Å². The number of amides is 1. The number of aryl methyl sites for hydroxylation is 1. The van der Waals surface area contributed by atoms with Crippen LogP contribution in [0.5, 0.6) is 0 Å². The molecule has 1 aromatic heterocycles. The predicted molar refractivity (Wildman–Crippen MR) is 73.0 cm³/mol. The van der Waals surface area contributed by atoms with Crippen molar-refractivity contribution in [1.29, 1.82) is 0 Å². The Morgan fingerprint density at radius 3 is 2.59 bits per heavy atom. The lowest BCUT2D eigenvalue weighted by molar-refractivity contribution is 0.103. The summed E-state index contributed by atoms with van der Waals surface area (Å²) in [6, 6.07) is 7.78. The molecule has 0 aliphatic heterocycles. The smallest absolute Gasteiger partial charge is 0.267 e. The molecule has 3 nitrogen and oxygen atoms in total. The first-order chi connectivity index (χ1) is 8.20. The van der Waals surface area contributed by atoms with Crippen LogP contribution in [0.25, 0.3) is 0 Å². The lowest BCUT2D eigenvalue weighted by atomic mass is 10.3. The SMILES string of the molecule is CSc1ccc(NC(=O)c2scnc2C)cc1. The highest BCUT2D eigenvalue weighted by atomic mass is 32.2. The van der Waals surface area contributed by atoms with Crippen molar-refractivity contribution in [2.75, 3.05) is 11.6 Å². The van der Waals surface area contributed by atoms with Gasteiger partial charge in [-0.15, -0.1) is 23.1 Å². The van der Waals surface area contributed by atoms with E-state index in [1.807, 2.05) is 37.4 Å². The highest BCUT2D eigenvalue weighted by Crippen LogP contribution is 2.19. The van der Waals surface area contributed by atoms with Crippen LogP contribution in [0.15, 0.2) is 34.7 Å². The van der Waals surface area contributed by atoms with E-state index in [2.05, 4.69) is 10.3 Å². The van der Waals surface area contributed by atoms with Crippen molar-refractivity contribution in [2.45, 2.75) is 11.8 Å². The monoisotopic (exact) mass is 264 g/mol. The molecule has 1 aromatic carbocycles. The summed E-state index contributed by atoms with van der Waals surface area (Å²) in [7, 11) is 0. The van der Waals surface area contributed by atoms with Gasteiger partial charge in [0.2, 0.25) is 0 Å². The molecule has 1 heterocycles. The van der Waals surface area contributed by atoms with E-state index in [9.17, 15) is 4.79 Å². The van der Waals surface area contributed by atoms with Crippen molar-refractivity contribution in [3.05, 3.63) is 40.3 Å². The number of nitrogens with zero attached hydrogens (tertiary/aromatic N) is 1. The molecule has 0 aliphatic carbocycles. The zero-order valence-electron chi connectivity index (χ0n) is 9.56. The largest absolute Gasteiger partial charge is 0.321 e. The van der Waals surface area contributed by atoms with Gasteiger partial charge < -0.3 is 5.32 Å². The fourth-order valence-electron chi connectivity index (χ4n) is 1.38. The molecule has 0 fully saturated rings. The van der Waals surface area contributed by atoms with E-state index in [1.54, 1.807) is 17.3 Å². The number of hydrogen-bond donors (Lipinski definition) is 1. The minimum absolute atomic E-state index is 0.0955. The van der Waals surface area contributed by atoms with Crippen LogP contribution < -0.4 is 5.32 Å². The Labute approximate surface area is 108 Å². The number of nitrogens with one attached hydrogen (secondary N) is 1. The number of aromatic nitrogens is 1. The van der Waals surface area contributed by atoms with Crippen molar-refractivity contribution in [3.63, 3.8) is 0 Å². The van der Waals surface area contributed by atoms with Gasteiger partial charge in [-0.25, -0.2) is 4.98 Å². The van der Waals surface area contributed by atoms with Gasteiger partial charge in [0.1, 0.15) is 4.88 Å². The average Bonchev–Trinajstić information content (AvgIpc) is 2.76. The number of anilines is 1. The third kappa shape index (κ3) is 2.87. The zero-order valence-corrected chi connectivity index (χ0v) is 11.2. The second-order valence-corrected chi connectivity index (χ2v) is 5.18. The number of benzene rings is 1. The van der Waals surface area contributed by atoms with Gasteiger partial charge in [0.05, 0.1) is 11.2 Å². The molecule has 2 aromatic rings. The van der Waals surface area contributed by atoms with Crippen LogP contribution in [0.2, 0.25) is 0 Å². The molecule has 88 valence electrons. The minimum atomic E-state index is -0.0955. The molecule has 1 amide bonds. The van der Waals surface area contributed by atoms with Gasteiger partial charge in [-0.3, -0.25) is 4.79 Å². The Bertz CT molecular complexity index is 520. The second kappa shape index (κ2) is 5.33. The number of rotatable bonds is 3. The molecular weight excluding hydrogens is 252 g/mol. The highest BCUT2D eigenvalue weighted by molar-refractivity contribution is 7.98. The van der Waals surface area contributed by atoms with E-state index in [0.717, 1.165) is 11.4 Å². The summed E-state index contributed by atoms with van der Waals surface area (Å²) in [4.78, 5) is 17.8. The summed E-state index contributed by atoms with van der Waals surface area (Å²) in [5.74, 6) is -0.0955. The Kier molecular flexibility index (Phi) is 3.81. The van der Waals surface area contributed by atoms with Gasteiger partial charge in [-0.1, -0.05) is 0 Å². The van der Waals surface area contributed by atoms with Gasteiger partial charge in [0.25, 0.3) is 5.91 Å². The van der Waals surface area contributed by atoms with E-state index in [1.165, 1.54) is 16.2 Å². The minimum Gasteiger partial charge on any atom is -0.321 e. The van der Waals surface area contributed by atoms with Crippen LogP contribution in [-0.4, -0.2) is 17.1 Å². The molecule has 0 aliphatic rings. The van der Waals surface area contributed by atoms with Crippen molar-refractivity contribution in [1.82, 2.24) is 4.98 Å². The van der Waals surface area contributed by atoms with E-state index >= 15 is 0 Å². The predicted octanol–water partition coefficient (Wildman–Crippen LogP) is 3.43. The number of thiazole rings is 1. The van der Waals surface area contributed by atoms with Gasteiger partial charge in [-0.05, 0) is 37.4 Å². The Balaban J connectivity index is 2.10. The van der Waals surface area contributed by atoms with Gasteiger partial charge in [0, 0.05) is 10.6 Å². The quantitative estimate of drug-likeness (QED) is 0.864. The fourth-order valence-corrected chi connectivity index (χ4v) is 2.49. The Morgan fingerprint density at radius 2 is 2.06 bits per heavy atom. The van der Waals surface area contributed by atoms with Crippen LogP contribution in [0.4, 0.5) is 5.69 Å². The summed E-state index contributed by atoms with van der Waals surface area (Å²) in [6.07, 6.45) is 2.02. The summed E-state index contributed by atoms with van der Waals surface area (Å²) in [5.41, 5.74) is 3.26. The molecular formula is C12H12N2OS2. The van der Waals surface area contributed by atoms with Crippen LogP contribution >= 0.6 is 23.1 Å². The van der Waals surface area contributed by atoms with Crippen molar-refractivity contribution in [3.8, 4) is 0 Å². The molecule has 5 heteroatoms. The second-order valence-electron chi connectivity index (χ2n) is 3.45. The maximum Gasteiger partial charge on any atom is 0.267 e. The number of carbonyl (C=O) groups excluding carboxylic acids is 1. The number of carbonyl (C=O) groups is 1. The molecule has 0 saturated carbocycles. The Hall–Kier alpha value is -1.33. The first kappa shape index (κ1) is 12.1. The number of thioether (sulfide) groups is 1. The first-order valence-electron chi connectivity index (χ1n) is 5.06. The number of hydrogen-bond acceptors (Lipinski definition) is 4. The third-order valence-electron chi connectivity index (χ3n) is 2.30. The fraction of sp³-hybridized carbons (Fsp3) is 0.167. The molecule has 0 spiro atoms. The molecule has 0 radical (unpaired) electrons. The van der Waals surface area contributed by atoms with Gasteiger partial charge in [-0.2, -0.15) is 0 Å². The molecule has 0 unspecified atom stereocenters. The molecule has 0 atom stereocenters. The summed E-state index contributed by atoms with van der Waals surface area (Å²) >= 11 is 3.03. The Morgan fingerprint density at radius 1 is 1.35 bits per heavy atom. The molecule has 1 N–H and O–H groups in total. The third-order valence-corrected chi connectivity index (χ3v) is 3.97. The lowest BCUT2D eigenvalue weighted by Crippen LogP contribution is -2.11. The highest BCUT2D eigenvalue weighted by Gasteiger charge is 2.11. The lowest BCUT2D eigenvalue weighted by Gasteiger charge is -2.04. The molecule has 2 rings (SSSR count). The van der Waals surface area contributed by atoms with E-state index in [4.69, 9.17) is 0 Å².